The highest BCUT2D eigenvalue weighted by atomic mass is 15.1. The van der Waals surface area contributed by atoms with Gasteiger partial charge in [-0.15, -0.1) is 0 Å². The van der Waals surface area contributed by atoms with Crippen LogP contribution in [0.15, 0.2) is 60.1 Å². The van der Waals surface area contributed by atoms with Gasteiger partial charge in [0.15, 0.2) is 0 Å². The van der Waals surface area contributed by atoms with Gasteiger partial charge in [-0.1, -0.05) is 11.2 Å². The first-order valence-electron chi connectivity index (χ1n) is 6.40. The van der Waals surface area contributed by atoms with Crippen LogP contribution in [0.2, 0.25) is 0 Å². The summed E-state index contributed by atoms with van der Waals surface area (Å²) in [4.78, 5) is 7.00. The van der Waals surface area contributed by atoms with Gasteiger partial charge in [0.05, 0.1) is 5.69 Å². The fraction of sp³-hybridized carbons (Fsp3) is 0.133. The van der Waals surface area contributed by atoms with E-state index in [9.17, 15) is 0 Å². The van der Waals surface area contributed by atoms with Crippen LogP contribution in [-0.2, 0) is 6.42 Å². The average molecular weight is 263 g/mol. The summed E-state index contributed by atoms with van der Waals surface area (Å²) in [6.45, 7) is 0.459. The van der Waals surface area contributed by atoms with Gasteiger partial charge in [-0.2, -0.15) is 0 Å². The Morgan fingerprint density at radius 1 is 1.25 bits per heavy atom. The summed E-state index contributed by atoms with van der Waals surface area (Å²) in [6.07, 6.45) is 6.37. The molecular weight excluding hydrogens is 250 g/mol. The first-order valence-corrected chi connectivity index (χ1v) is 6.40. The van der Waals surface area contributed by atoms with Gasteiger partial charge in [0, 0.05) is 41.1 Å². The van der Waals surface area contributed by atoms with Crippen molar-refractivity contribution in [3.63, 3.8) is 0 Å². The van der Waals surface area contributed by atoms with Gasteiger partial charge in [0.25, 0.3) is 0 Å². The highest BCUT2D eigenvalue weighted by molar-refractivity contribution is 5.71. The molecule has 3 aromatic heterocycles. The summed E-state index contributed by atoms with van der Waals surface area (Å²) in [5.41, 5.74) is 12.9. The Kier molecular flexibility index (Phi) is 3.35. The molecule has 0 N–H and O–H groups in total. The number of fused-ring (bicyclic) bond motifs is 1. The van der Waals surface area contributed by atoms with Gasteiger partial charge in [0.2, 0.25) is 0 Å². The van der Waals surface area contributed by atoms with Crippen molar-refractivity contribution in [2.24, 2.45) is 5.11 Å². The Balaban J connectivity index is 2.15. The van der Waals surface area contributed by atoms with Crippen LogP contribution in [0.5, 0.6) is 0 Å². The number of azide groups is 1. The molecule has 0 aromatic carbocycles. The van der Waals surface area contributed by atoms with Crippen molar-refractivity contribution in [1.29, 1.82) is 0 Å². The van der Waals surface area contributed by atoms with E-state index in [1.165, 1.54) is 0 Å². The Morgan fingerprint density at radius 2 is 2.20 bits per heavy atom. The van der Waals surface area contributed by atoms with E-state index in [2.05, 4.69) is 31.5 Å². The third kappa shape index (κ3) is 2.22. The summed E-state index contributed by atoms with van der Waals surface area (Å²) in [5.74, 6) is 0. The highest BCUT2D eigenvalue weighted by Crippen LogP contribution is 2.27. The Hall–Kier alpha value is -2.78. The molecule has 0 bridgehead atoms. The van der Waals surface area contributed by atoms with Crippen LogP contribution in [0.4, 0.5) is 0 Å². The van der Waals surface area contributed by atoms with Crippen LogP contribution in [0.25, 0.3) is 27.2 Å². The average Bonchev–Trinajstić information content (AvgIpc) is 2.86. The molecule has 0 aliphatic heterocycles. The predicted octanol–water partition coefficient (Wildman–Crippen LogP) is 3.85. The van der Waals surface area contributed by atoms with Crippen LogP contribution in [0, 0.1) is 0 Å². The molecule has 0 radical (unpaired) electrons. The minimum atomic E-state index is 0.459. The number of nitrogens with zero attached hydrogens (tertiary/aromatic N) is 5. The predicted molar refractivity (Wildman–Crippen MR) is 78.3 cm³/mol. The van der Waals surface area contributed by atoms with E-state index < -0.39 is 0 Å². The summed E-state index contributed by atoms with van der Waals surface area (Å²) < 4.78 is 2.14. The van der Waals surface area contributed by atoms with Crippen molar-refractivity contribution >= 4 is 5.52 Å². The molecule has 98 valence electrons. The second-order valence-electron chi connectivity index (χ2n) is 4.46. The summed E-state index contributed by atoms with van der Waals surface area (Å²) >= 11 is 0. The van der Waals surface area contributed by atoms with Gasteiger partial charge in [-0.05, 0) is 47.8 Å². The largest absolute Gasteiger partial charge is 0.316 e. The molecule has 0 saturated heterocycles. The smallest absolute Gasteiger partial charge is 0.0576 e. The first-order chi connectivity index (χ1) is 9.90. The Morgan fingerprint density at radius 3 is 3.00 bits per heavy atom. The van der Waals surface area contributed by atoms with E-state index in [1.54, 1.807) is 6.20 Å². The Labute approximate surface area is 116 Å². The standard InChI is InChI=1S/C15H13N5/c16-19-18-8-6-12-10-14-5-1-2-9-20(14)15(12)13-4-3-7-17-11-13/h1-5,7,9-11H,6,8H2. The van der Waals surface area contributed by atoms with Crippen LogP contribution in [-0.4, -0.2) is 15.9 Å². The first kappa shape index (κ1) is 12.3. The number of aromatic nitrogens is 2. The second kappa shape index (κ2) is 5.47. The van der Waals surface area contributed by atoms with Crippen molar-refractivity contribution in [2.45, 2.75) is 6.42 Å². The molecule has 0 saturated carbocycles. The molecule has 0 fully saturated rings. The molecule has 5 heteroatoms. The van der Waals surface area contributed by atoms with Crippen LogP contribution >= 0.6 is 0 Å². The molecule has 0 spiro atoms. The number of pyridine rings is 2. The summed E-state index contributed by atoms with van der Waals surface area (Å²) in [5, 5.41) is 3.63. The molecule has 3 aromatic rings. The van der Waals surface area contributed by atoms with Crippen LogP contribution in [0.1, 0.15) is 5.56 Å². The van der Waals surface area contributed by atoms with Crippen LogP contribution in [0.3, 0.4) is 0 Å². The van der Waals surface area contributed by atoms with E-state index >= 15 is 0 Å². The molecule has 0 atom stereocenters. The SMILES string of the molecule is [N-]=[N+]=NCCc1cc2ccccn2c1-c1cccnc1. The molecule has 0 amide bonds. The fourth-order valence-corrected chi connectivity index (χ4v) is 2.41. The van der Waals surface area contributed by atoms with E-state index in [0.29, 0.717) is 6.54 Å². The lowest BCUT2D eigenvalue weighted by atomic mass is 10.1. The fourth-order valence-electron chi connectivity index (χ4n) is 2.41. The van der Waals surface area contributed by atoms with Crippen molar-refractivity contribution in [2.75, 3.05) is 6.54 Å². The molecule has 3 rings (SSSR count). The van der Waals surface area contributed by atoms with Gasteiger partial charge < -0.3 is 4.40 Å². The zero-order chi connectivity index (χ0) is 13.8. The van der Waals surface area contributed by atoms with E-state index in [4.69, 9.17) is 5.53 Å². The molecule has 3 heterocycles. The van der Waals surface area contributed by atoms with Gasteiger partial charge in [0.1, 0.15) is 0 Å². The number of hydrogen-bond donors (Lipinski definition) is 0. The van der Waals surface area contributed by atoms with Crippen molar-refractivity contribution < 1.29 is 0 Å². The zero-order valence-corrected chi connectivity index (χ0v) is 10.8. The molecule has 0 unspecified atom stereocenters. The minimum absolute atomic E-state index is 0.459. The number of hydrogen-bond acceptors (Lipinski definition) is 2. The van der Waals surface area contributed by atoms with Crippen molar-refractivity contribution in [1.82, 2.24) is 9.38 Å². The monoisotopic (exact) mass is 263 g/mol. The lowest BCUT2D eigenvalue weighted by Crippen LogP contribution is -1.93. The zero-order valence-electron chi connectivity index (χ0n) is 10.8. The third-order valence-electron chi connectivity index (χ3n) is 3.24. The minimum Gasteiger partial charge on any atom is -0.316 e. The van der Waals surface area contributed by atoms with Gasteiger partial charge >= 0.3 is 0 Å². The van der Waals surface area contributed by atoms with Crippen molar-refractivity contribution in [3.05, 3.63) is 71.0 Å². The van der Waals surface area contributed by atoms with Gasteiger partial charge in [-0.3, -0.25) is 4.98 Å². The Bertz CT molecular complexity index is 769. The highest BCUT2D eigenvalue weighted by Gasteiger charge is 2.11. The van der Waals surface area contributed by atoms with E-state index in [1.807, 2.05) is 36.7 Å². The van der Waals surface area contributed by atoms with E-state index in [-0.39, 0.29) is 0 Å². The molecule has 0 aliphatic rings. The normalized spacial score (nSPS) is 10.4. The van der Waals surface area contributed by atoms with E-state index in [0.717, 1.165) is 28.8 Å². The summed E-state index contributed by atoms with van der Waals surface area (Å²) in [7, 11) is 0. The molecule has 5 nitrogen and oxygen atoms in total. The molecule has 0 aliphatic carbocycles. The van der Waals surface area contributed by atoms with Crippen LogP contribution < -0.4 is 0 Å². The maximum atomic E-state index is 8.41. The summed E-state index contributed by atoms with van der Waals surface area (Å²) in [6, 6.07) is 12.2. The topological polar surface area (TPSA) is 66.1 Å². The quantitative estimate of drug-likeness (QED) is 0.400. The molecular formula is C15H13N5. The maximum absolute atomic E-state index is 8.41. The number of rotatable bonds is 4. The third-order valence-corrected chi connectivity index (χ3v) is 3.24. The van der Waals surface area contributed by atoms with Crippen molar-refractivity contribution in [3.8, 4) is 11.3 Å². The molecule has 20 heavy (non-hydrogen) atoms. The lowest BCUT2D eigenvalue weighted by Gasteiger charge is -2.05. The second-order valence-corrected chi connectivity index (χ2v) is 4.46. The van der Waals surface area contributed by atoms with Gasteiger partial charge in [-0.25, -0.2) is 0 Å². The maximum Gasteiger partial charge on any atom is 0.0576 e. The lowest BCUT2D eigenvalue weighted by molar-refractivity contribution is 0.956.